The molecule has 0 saturated carbocycles. The summed E-state index contributed by atoms with van der Waals surface area (Å²) in [6.07, 6.45) is -0.0336. The van der Waals surface area contributed by atoms with Crippen LogP contribution in [0.15, 0.2) is 58.7 Å². The third kappa shape index (κ3) is 6.16. The van der Waals surface area contributed by atoms with E-state index in [1.165, 1.54) is 7.11 Å². The normalized spacial score (nSPS) is 17.4. The molecule has 2 aromatic rings. The minimum absolute atomic E-state index is 0.0336. The fraction of sp³-hybridized carbons (Fsp3) is 0.190. The molecule has 10 heteroatoms. The van der Waals surface area contributed by atoms with Gasteiger partial charge in [-0.25, -0.2) is 4.79 Å². The highest BCUT2D eigenvalue weighted by atomic mass is 35.5. The molecule has 1 saturated heterocycles. The number of carbonyl (C=O) groups is 3. The molecule has 2 N–H and O–H groups in total. The number of methoxy groups -OCH3 is 1. The molecule has 8 nitrogen and oxygen atoms in total. The zero-order chi connectivity index (χ0) is 22.4. The average Bonchev–Trinajstić information content (AvgIpc) is 3.11. The minimum Gasteiger partial charge on any atom is -0.465 e. The van der Waals surface area contributed by atoms with E-state index in [9.17, 15) is 14.4 Å². The Morgan fingerprint density at radius 3 is 2.42 bits per heavy atom. The summed E-state index contributed by atoms with van der Waals surface area (Å²) in [5.41, 5.74) is 2.41. The first-order valence-corrected chi connectivity index (χ1v) is 10.5. The molecule has 3 rings (SSSR count). The van der Waals surface area contributed by atoms with Gasteiger partial charge in [0.25, 0.3) is 0 Å². The molecule has 0 spiro atoms. The molecule has 0 bridgehead atoms. The van der Waals surface area contributed by atoms with Crippen LogP contribution in [0.3, 0.4) is 0 Å². The van der Waals surface area contributed by atoms with Crippen molar-refractivity contribution in [1.29, 1.82) is 0 Å². The second kappa shape index (κ2) is 10.2. The Balaban J connectivity index is 1.56. The van der Waals surface area contributed by atoms with Crippen molar-refractivity contribution in [2.24, 2.45) is 10.2 Å². The van der Waals surface area contributed by atoms with Gasteiger partial charge in [-0.15, -0.1) is 5.10 Å². The van der Waals surface area contributed by atoms with Crippen LogP contribution in [0.25, 0.3) is 0 Å². The number of nitrogens with one attached hydrogen (secondary N) is 2. The van der Waals surface area contributed by atoms with Crippen molar-refractivity contribution in [2.45, 2.75) is 18.6 Å². The Labute approximate surface area is 188 Å². The molecule has 31 heavy (non-hydrogen) atoms. The van der Waals surface area contributed by atoms with Crippen molar-refractivity contribution in [3.05, 3.63) is 64.7 Å². The number of benzene rings is 2. The van der Waals surface area contributed by atoms with Gasteiger partial charge in [-0.05, 0) is 48.9 Å². The predicted molar refractivity (Wildman–Crippen MR) is 122 cm³/mol. The number of anilines is 1. The number of amidine groups is 1. The SMILES string of the molecule is COC(=O)c1ccc(NC(=O)C[C@@H]2S/C(=N\N=C(\C)c3ccc(Cl)cc3)NC2=O)cc1. The molecule has 1 aliphatic heterocycles. The van der Waals surface area contributed by atoms with Crippen LogP contribution in [0.5, 0.6) is 0 Å². The van der Waals surface area contributed by atoms with Crippen LogP contribution in [-0.4, -0.2) is 41.0 Å². The molecule has 0 aromatic heterocycles. The number of hydrogen-bond acceptors (Lipinski definition) is 7. The van der Waals surface area contributed by atoms with Crippen LogP contribution >= 0.6 is 23.4 Å². The van der Waals surface area contributed by atoms with E-state index < -0.39 is 11.2 Å². The highest BCUT2D eigenvalue weighted by Gasteiger charge is 2.32. The lowest BCUT2D eigenvalue weighted by atomic mass is 10.1. The van der Waals surface area contributed by atoms with E-state index in [0.29, 0.717) is 27.2 Å². The Hall–Kier alpha value is -3.17. The Morgan fingerprint density at radius 2 is 1.77 bits per heavy atom. The third-order valence-corrected chi connectivity index (χ3v) is 5.61. The molecule has 0 aliphatic carbocycles. The zero-order valence-electron chi connectivity index (χ0n) is 16.7. The van der Waals surface area contributed by atoms with Crippen molar-refractivity contribution in [1.82, 2.24) is 5.32 Å². The molecular formula is C21H19ClN4O4S. The molecule has 1 aliphatic rings. The lowest BCUT2D eigenvalue weighted by Crippen LogP contribution is -2.28. The lowest BCUT2D eigenvalue weighted by Gasteiger charge is -2.08. The Morgan fingerprint density at radius 1 is 1.13 bits per heavy atom. The van der Waals surface area contributed by atoms with Gasteiger partial charge in [-0.1, -0.05) is 35.5 Å². The van der Waals surface area contributed by atoms with Crippen LogP contribution in [0.4, 0.5) is 5.69 Å². The number of hydrogen-bond donors (Lipinski definition) is 2. The van der Waals surface area contributed by atoms with Crippen LogP contribution in [0.2, 0.25) is 5.02 Å². The average molecular weight is 459 g/mol. The van der Waals surface area contributed by atoms with Gasteiger partial charge in [-0.3, -0.25) is 9.59 Å². The number of amides is 2. The van der Waals surface area contributed by atoms with E-state index in [2.05, 4.69) is 25.6 Å². The summed E-state index contributed by atoms with van der Waals surface area (Å²) in [6, 6.07) is 13.4. The molecule has 0 radical (unpaired) electrons. The van der Waals surface area contributed by atoms with Gasteiger partial charge in [0.05, 0.1) is 18.4 Å². The first kappa shape index (κ1) is 22.5. The van der Waals surface area contributed by atoms with Crippen LogP contribution in [0, 0.1) is 0 Å². The number of esters is 1. The maximum absolute atomic E-state index is 12.3. The van der Waals surface area contributed by atoms with Gasteiger partial charge >= 0.3 is 5.97 Å². The smallest absolute Gasteiger partial charge is 0.337 e. The first-order valence-electron chi connectivity index (χ1n) is 9.19. The predicted octanol–water partition coefficient (Wildman–Crippen LogP) is 3.47. The fourth-order valence-corrected chi connectivity index (χ4v) is 3.69. The van der Waals surface area contributed by atoms with E-state index in [0.717, 1.165) is 17.3 Å². The van der Waals surface area contributed by atoms with Crippen LogP contribution in [0.1, 0.15) is 29.3 Å². The number of ether oxygens (including phenoxy) is 1. The molecule has 1 fully saturated rings. The van der Waals surface area contributed by atoms with E-state index in [4.69, 9.17) is 11.6 Å². The van der Waals surface area contributed by atoms with Crippen molar-refractivity contribution >= 4 is 57.7 Å². The molecule has 1 atom stereocenters. The number of carbonyl (C=O) groups excluding carboxylic acids is 3. The second-order valence-electron chi connectivity index (χ2n) is 6.51. The lowest BCUT2D eigenvalue weighted by molar-refractivity contribution is -0.122. The monoisotopic (exact) mass is 458 g/mol. The topological polar surface area (TPSA) is 109 Å². The highest BCUT2D eigenvalue weighted by molar-refractivity contribution is 8.15. The summed E-state index contributed by atoms with van der Waals surface area (Å²) in [6.45, 7) is 1.80. The maximum atomic E-state index is 12.3. The summed E-state index contributed by atoms with van der Waals surface area (Å²) in [5, 5.41) is 13.9. The number of rotatable bonds is 6. The minimum atomic E-state index is -0.612. The van der Waals surface area contributed by atoms with Gasteiger partial charge in [0, 0.05) is 17.1 Å². The summed E-state index contributed by atoms with van der Waals surface area (Å²) in [4.78, 5) is 35.9. The van der Waals surface area contributed by atoms with E-state index >= 15 is 0 Å². The van der Waals surface area contributed by atoms with Gasteiger partial charge in [-0.2, -0.15) is 5.10 Å². The Kier molecular flexibility index (Phi) is 7.43. The largest absolute Gasteiger partial charge is 0.465 e. The molecule has 0 unspecified atom stereocenters. The van der Waals surface area contributed by atoms with Crippen molar-refractivity contribution in [3.8, 4) is 0 Å². The first-order chi connectivity index (χ1) is 14.9. The van der Waals surface area contributed by atoms with E-state index in [-0.39, 0.29) is 18.2 Å². The van der Waals surface area contributed by atoms with Crippen molar-refractivity contribution < 1.29 is 19.1 Å². The molecule has 2 amide bonds. The Bertz CT molecular complexity index is 1050. The van der Waals surface area contributed by atoms with Gasteiger partial charge in [0.1, 0.15) is 5.25 Å². The molecule has 160 valence electrons. The fourth-order valence-electron chi connectivity index (χ4n) is 2.64. The number of halogens is 1. The summed E-state index contributed by atoms with van der Waals surface area (Å²) < 4.78 is 4.63. The summed E-state index contributed by atoms with van der Waals surface area (Å²) in [7, 11) is 1.30. The van der Waals surface area contributed by atoms with Gasteiger partial charge in [0.15, 0.2) is 5.17 Å². The van der Waals surface area contributed by atoms with Gasteiger partial charge in [0.2, 0.25) is 11.8 Å². The molecule has 1 heterocycles. The maximum Gasteiger partial charge on any atom is 0.337 e. The van der Waals surface area contributed by atoms with Crippen molar-refractivity contribution in [3.63, 3.8) is 0 Å². The van der Waals surface area contributed by atoms with Crippen LogP contribution in [-0.2, 0) is 14.3 Å². The zero-order valence-corrected chi connectivity index (χ0v) is 18.3. The van der Waals surface area contributed by atoms with Gasteiger partial charge < -0.3 is 15.4 Å². The number of nitrogens with zero attached hydrogens (tertiary/aromatic N) is 2. The highest BCUT2D eigenvalue weighted by Crippen LogP contribution is 2.23. The summed E-state index contributed by atoms with van der Waals surface area (Å²) in [5.74, 6) is -1.10. The van der Waals surface area contributed by atoms with E-state index in [1.807, 2.05) is 12.1 Å². The second-order valence-corrected chi connectivity index (χ2v) is 8.14. The molecular weight excluding hydrogens is 440 g/mol. The standard InChI is InChI=1S/C21H19ClN4O4S/c1-12(13-3-7-15(22)8-4-13)25-26-21-24-19(28)17(31-21)11-18(27)23-16-9-5-14(6-10-16)20(29)30-2/h3-10,17H,11H2,1-2H3,(H,23,27)(H,24,26,28)/b25-12-/t17-/m0/s1. The van der Waals surface area contributed by atoms with Crippen molar-refractivity contribution in [2.75, 3.05) is 12.4 Å². The summed E-state index contributed by atoms with van der Waals surface area (Å²) >= 11 is 7.02. The van der Waals surface area contributed by atoms with E-state index in [1.54, 1.807) is 43.3 Å². The number of thioether (sulfide) groups is 1. The quantitative estimate of drug-likeness (QED) is 0.391. The molecule has 2 aromatic carbocycles. The van der Waals surface area contributed by atoms with Crippen LogP contribution < -0.4 is 10.6 Å². The third-order valence-electron chi connectivity index (χ3n) is 4.29.